The van der Waals surface area contributed by atoms with Gasteiger partial charge in [-0.25, -0.2) is 0 Å². The molecule has 0 radical (unpaired) electrons. The van der Waals surface area contributed by atoms with E-state index in [2.05, 4.69) is 6.92 Å². The van der Waals surface area contributed by atoms with Crippen LogP contribution in [0.5, 0.6) is 0 Å². The van der Waals surface area contributed by atoms with Gasteiger partial charge in [0.05, 0.1) is 12.3 Å². The maximum Gasteiger partial charge on any atom is 0.308 e. The molecule has 0 aliphatic carbocycles. The second-order valence-electron chi connectivity index (χ2n) is 6.10. The van der Waals surface area contributed by atoms with Crippen LogP contribution in [-0.2, 0) is 9.53 Å². The lowest BCUT2D eigenvalue weighted by Gasteiger charge is -2.32. The highest BCUT2D eigenvalue weighted by atomic mass is 16.7. The monoisotopic (exact) mass is 302 g/mol. The maximum atomic E-state index is 11.1. The smallest absolute Gasteiger partial charge is 0.308 e. The van der Waals surface area contributed by atoms with Crippen molar-refractivity contribution in [2.45, 2.75) is 89.6 Å². The van der Waals surface area contributed by atoms with Gasteiger partial charge >= 0.3 is 5.97 Å². The number of aliphatic hydroxyl groups is 3. The van der Waals surface area contributed by atoms with Crippen LogP contribution in [0.1, 0.15) is 77.6 Å². The molecule has 1 heterocycles. The van der Waals surface area contributed by atoms with Crippen LogP contribution in [0, 0.1) is 5.92 Å². The fourth-order valence-electron chi connectivity index (χ4n) is 2.95. The molecule has 0 spiro atoms. The first-order chi connectivity index (χ1) is 9.99. The minimum atomic E-state index is -1.70. The summed E-state index contributed by atoms with van der Waals surface area (Å²) >= 11 is 0. The summed E-state index contributed by atoms with van der Waals surface area (Å²) in [7, 11) is 0. The van der Waals surface area contributed by atoms with E-state index in [1.165, 1.54) is 32.1 Å². The van der Waals surface area contributed by atoms with Crippen molar-refractivity contribution in [2.24, 2.45) is 5.92 Å². The van der Waals surface area contributed by atoms with Crippen LogP contribution in [0.3, 0.4) is 0 Å². The SMILES string of the molecule is CCCCCCCCCCC(C(O)O)[C@]1(O)CCC(=O)O1. The average Bonchev–Trinajstić information content (AvgIpc) is 2.77. The number of rotatable bonds is 11. The normalized spacial score (nSPS) is 23.6. The molecule has 1 aliphatic rings. The van der Waals surface area contributed by atoms with E-state index in [4.69, 9.17) is 4.74 Å². The zero-order valence-corrected chi connectivity index (χ0v) is 13.1. The molecule has 0 aromatic carbocycles. The molecule has 1 fully saturated rings. The molecule has 0 bridgehead atoms. The molecule has 0 aromatic rings. The van der Waals surface area contributed by atoms with Crippen molar-refractivity contribution in [1.82, 2.24) is 0 Å². The number of hydrogen-bond acceptors (Lipinski definition) is 5. The van der Waals surface area contributed by atoms with Crippen LogP contribution < -0.4 is 0 Å². The molecule has 3 N–H and O–H groups in total. The molecular formula is C16H30O5. The van der Waals surface area contributed by atoms with Gasteiger partial charge in [0.15, 0.2) is 6.29 Å². The van der Waals surface area contributed by atoms with E-state index < -0.39 is 24.0 Å². The maximum absolute atomic E-state index is 11.1. The molecule has 21 heavy (non-hydrogen) atoms. The van der Waals surface area contributed by atoms with Gasteiger partial charge in [0.2, 0.25) is 5.79 Å². The minimum absolute atomic E-state index is 0.136. The first kappa shape index (κ1) is 18.4. The van der Waals surface area contributed by atoms with E-state index in [1.807, 2.05) is 0 Å². The van der Waals surface area contributed by atoms with E-state index >= 15 is 0 Å². The number of hydrogen-bond donors (Lipinski definition) is 3. The first-order valence-corrected chi connectivity index (χ1v) is 8.30. The summed E-state index contributed by atoms with van der Waals surface area (Å²) in [5, 5.41) is 29.1. The second kappa shape index (κ2) is 9.38. The van der Waals surface area contributed by atoms with Crippen LogP contribution in [0.15, 0.2) is 0 Å². The lowest BCUT2D eigenvalue weighted by atomic mass is 9.89. The van der Waals surface area contributed by atoms with Crippen molar-refractivity contribution < 1.29 is 24.9 Å². The highest BCUT2D eigenvalue weighted by Crippen LogP contribution is 2.36. The van der Waals surface area contributed by atoms with Crippen molar-refractivity contribution in [2.75, 3.05) is 0 Å². The number of esters is 1. The zero-order valence-electron chi connectivity index (χ0n) is 13.1. The predicted molar refractivity (Wildman–Crippen MR) is 79.2 cm³/mol. The van der Waals surface area contributed by atoms with Gasteiger partial charge in [0.1, 0.15) is 0 Å². The Morgan fingerprint density at radius 2 is 1.67 bits per heavy atom. The third-order valence-electron chi connectivity index (χ3n) is 4.29. The summed E-state index contributed by atoms with van der Waals surface area (Å²) < 4.78 is 4.89. The molecule has 1 aliphatic heterocycles. The summed E-state index contributed by atoms with van der Waals surface area (Å²) in [6.45, 7) is 2.20. The van der Waals surface area contributed by atoms with E-state index in [9.17, 15) is 20.1 Å². The summed E-state index contributed by atoms with van der Waals surface area (Å²) in [5.74, 6) is -2.99. The number of cyclic esters (lactones) is 1. The van der Waals surface area contributed by atoms with Crippen LogP contribution in [0.4, 0.5) is 0 Å². The van der Waals surface area contributed by atoms with Gasteiger partial charge in [-0.1, -0.05) is 58.3 Å². The number of carbonyl (C=O) groups is 1. The molecule has 1 rings (SSSR count). The van der Waals surface area contributed by atoms with Crippen molar-refractivity contribution in [3.63, 3.8) is 0 Å². The molecule has 0 saturated carbocycles. The Labute approximate surface area is 127 Å². The van der Waals surface area contributed by atoms with Gasteiger partial charge in [-0.15, -0.1) is 0 Å². The Kier molecular flexibility index (Phi) is 8.22. The average molecular weight is 302 g/mol. The summed E-state index contributed by atoms with van der Waals surface area (Å²) in [6.07, 6.45) is 8.26. The Morgan fingerprint density at radius 3 is 2.14 bits per heavy atom. The lowest BCUT2D eigenvalue weighted by Crippen LogP contribution is -2.44. The first-order valence-electron chi connectivity index (χ1n) is 8.30. The van der Waals surface area contributed by atoms with Crippen LogP contribution in [0.25, 0.3) is 0 Å². The fraction of sp³-hybridized carbons (Fsp3) is 0.938. The lowest BCUT2D eigenvalue weighted by molar-refractivity contribution is -0.252. The van der Waals surface area contributed by atoms with Crippen LogP contribution in [-0.4, -0.2) is 33.4 Å². The molecule has 0 amide bonds. The van der Waals surface area contributed by atoms with Gasteiger partial charge in [-0.2, -0.15) is 0 Å². The van der Waals surface area contributed by atoms with Crippen molar-refractivity contribution in [3.05, 3.63) is 0 Å². The highest BCUT2D eigenvalue weighted by molar-refractivity contribution is 5.71. The van der Waals surface area contributed by atoms with Crippen molar-refractivity contribution in [3.8, 4) is 0 Å². The molecule has 5 nitrogen and oxygen atoms in total. The third kappa shape index (κ3) is 6.32. The van der Waals surface area contributed by atoms with E-state index in [1.54, 1.807) is 0 Å². The topological polar surface area (TPSA) is 87.0 Å². The quantitative estimate of drug-likeness (QED) is 0.310. The fourth-order valence-corrected chi connectivity index (χ4v) is 2.95. The molecular weight excluding hydrogens is 272 g/mol. The molecule has 1 saturated heterocycles. The predicted octanol–water partition coefficient (Wildman–Crippen LogP) is 2.47. The van der Waals surface area contributed by atoms with E-state index in [0.29, 0.717) is 6.42 Å². The third-order valence-corrected chi connectivity index (χ3v) is 4.29. The van der Waals surface area contributed by atoms with Crippen LogP contribution >= 0.6 is 0 Å². The van der Waals surface area contributed by atoms with Crippen LogP contribution in [0.2, 0.25) is 0 Å². The van der Waals surface area contributed by atoms with E-state index in [0.717, 1.165) is 19.3 Å². The summed E-state index contributed by atoms with van der Waals surface area (Å²) in [5.41, 5.74) is 0. The van der Waals surface area contributed by atoms with Crippen molar-refractivity contribution in [1.29, 1.82) is 0 Å². The van der Waals surface area contributed by atoms with Gasteiger partial charge in [-0.05, 0) is 6.42 Å². The van der Waals surface area contributed by atoms with Gasteiger partial charge < -0.3 is 20.1 Å². The molecule has 124 valence electrons. The Hall–Kier alpha value is -0.650. The van der Waals surface area contributed by atoms with E-state index in [-0.39, 0.29) is 12.8 Å². The van der Waals surface area contributed by atoms with Gasteiger partial charge in [0, 0.05) is 6.42 Å². The zero-order chi connectivity index (χ0) is 15.7. The number of carbonyl (C=O) groups excluding carboxylic acids is 1. The number of aliphatic hydroxyl groups excluding tert-OH is 1. The Balaban J connectivity index is 2.22. The Bertz CT molecular complexity index is 305. The molecule has 0 aromatic heterocycles. The highest BCUT2D eigenvalue weighted by Gasteiger charge is 2.47. The minimum Gasteiger partial charge on any atom is -0.433 e. The molecule has 1 unspecified atom stereocenters. The Morgan fingerprint density at radius 1 is 1.10 bits per heavy atom. The summed E-state index contributed by atoms with van der Waals surface area (Å²) in [4.78, 5) is 11.1. The number of unbranched alkanes of at least 4 members (excludes halogenated alkanes) is 7. The largest absolute Gasteiger partial charge is 0.433 e. The number of ether oxygens (including phenoxy) is 1. The summed E-state index contributed by atoms with van der Waals surface area (Å²) in [6, 6.07) is 0. The molecule has 2 atom stereocenters. The van der Waals surface area contributed by atoms with Gasteiger partial charge in [0.25, 0.3) is 0 Å². The van der Waals surface area contributed by atoms with Gasteiger partial charge in [-0.3, -0.25) is 4.79 Å². The second-order valence-corrected chi connectivity index (χ2v) is 6.10. The van der Waals surface area contributed by atoms with Crippen molar-refractivity contribution >= 4 is 5.97 Å². The molecule has 5 heteroatoms. The standard InChI is InChI=1S/C16H30O5/c1-2-3-4-5-6-7-8-9-10-13(15(18)19)16(20)12-11-14(17)21-16/h13,15,18-20H,2-12H2,1H3/t13?,16-/m0/s1.